The Kier molecular flexibility index (Phi) is 17.8. The molecule has 0 radical (unpaired) electrons. The van der Waals surface area contributed by atoms with Crippen LogP contribution in [-0.2, 0) is 25.8 Å². The fourth-order valence-electron chi connectivity index (χ4n) is 5.64. The number of hydrogen-bond donors (Lipinski definition) is 0. The van der Waals surface area contributed by atoms with E-state index in [1.807, 2.05) is 0 Å². The first-order chi connectivity index (χ1) is 13.7. The summed E-state index contributed by atoms with van der Waals surface area (Å²) in [6.07, 6.45) is 0. The Morgan fingerprint density at radius 1 is 0.485 bits per heavy atom. The van der Waals surface area contributed by atoms with E-state index in [0.29, 0.717) is 24.2 Å². The Bertz CT molecular complexity index is 634. The standard InChI is InChI=1S/2C13H24NSi.2FH.Hf/c2*1-11(2)14(12(3)4)15(5,6)13-9-7-8-10-13;;;/h2*7-12H,1-6H3;2*1H;/q2*-1;;;+4/p-2. The van der Waals surface area contributed by atoms with Crippen LogP contribution in [0.3, 0.4) is 0 Å². The van der Waals surface area contributed by atoms with Gasteiger partial charge < -0.3 is 18.5 Å². The quantitative estimate of drug-likeness (QED) is 0.288. The Balaban J connectivity index is -0.000000500. The molecule has 0 fully saturated rings. The smallest absolute Gasteiger partial charge is 1.00 e. The predicted octanol–water partition coefficient (Wildman–Crippen LogP) is -0.122. The largest absolute Gasteiger partial charge is 4.00 e. The van der Waals surface area contributed by atoms with Crippen LogP contribution in [0.5, 0.6) is 0 Å². The third kappa shape index (κ3) is 9.75. The molecule has 2 aromatic carbocycles. The number of rotatable bonds is 8. The molecule has 0 aliphatic heterocycles. The molecule has 0 bridgehead atoms. The van der Waals surface area contributed by atoms with Crippen molar-refractivity contribution >= 4 is 26.8 Å². The van der Waals surface area contributed by atoms with Crippen molar-refractivity contribution in [1.29, 1.82) is 0 Å². The molecule has 0 spiro atoms. The second-order valence-electron chi connectivity index (χ2n) is 10.7. The van der Waals surface area contributed by atoms with Gasteiger partial charge in [0.15, 0.2) is 0 Å². The maximum Gasteiger partial charge on any atom is 4.00 e. The van der Waals surface area contributed by atoms with Gasteiger partial charge in [-0.2, -0.15) is 24.3 Å². The molecule has 188 valence electrons. The Hall–Kier alpha value is -0.216. The van der Waals surface area contributed by atoms with Gasteiger partial charge >= 0.3 is 25.8 Å². The van der Waals surface area contributed by atoms with Gasteiger partial charge in [0, 0.05) is 0 Å². The van der Waals surface area contributed by atoms with E-state index in [0.717, 1.165) is 0 Å². The van der Waals surface area contributed by atoms with Gasteiger partial charge in [-0.05, 0) is 24.2 Å². The van der Waals surface area contributed by atoms with Crippen LogP contribution in [0.2, 0.25) is 26.2 Å². The van der Waals surface area contributed by atoms with Crippen LogP contribution in [0.25, 0.3) is 0 Å². The molecule has 0 aliphatic rings. The summed E-state index contributed by atoms with van der Waals surface area (Å²) in [4.78, 5) is 0. The molecular formula is C26H48F2HfN2Si2. The van der Waals surface area contributed by atoms with Crippen LogP contribution >= 0.6 is 0 Å². The topological polar surface area (TPSA) is 6.48 Å². The average molecular weight is 661 g/mol. The van der Waals surface area contributed by atoms with Gasteiger partial charge in [0.25, 0.3) is 0 Å². The van der Waals surface area contributed by atoms with E-state index >= 15 is 0 Å². The van der Waals surface area contributed by atoms with Crippen molar-refractivity contribution < 1.29 is 35.3 Å². The SMILES string of the molecule is CC(C)N(C(C)C)[Si](C)(C)[c-]1cccc1.CC(C)N(C(C)C)[Si](C)(C)[c-]1cccc1.[F-].[F-].[Hf+4]. The van der Waals surface area contributed by atoms with Crippen molar-refractivity contribution in [3.8, 4) is 0 Å². The van der Waals surface area contributed by atoms with Gasteiger partial charge in [-0.25, -0.2) is 24.3 Å². The van der Waals surface area contributed by atoms with Gasteiger partial charge in [0.1, 0.15) is 0 Å². The third-order valence-electron chi connectivity index (χ3n) is 6.25. The van der Waals surface area contributed by atoms with Crippen LogP contribution in [0.4, 0.5) is 0 Å². The van der Waals surface area contributed by atoms with Crippen LogP contribution < -0.4 is 19.8 Å². The maximum absolute atomic E-state index is 2.70. The number of nitrogens with zero attached hydrogens (tertiary/aromatic N) is 2. The van der Waals surface area contributed by atoms with E-state index < -0.39 is 16.5 Å². The molecule has 0 heterocycles. The van der Waals surface area contributed by atoms with Crippen molar-refractivity contribution in [3.05, 3.63) is 48.5 Å². The van der Waals surface area contributed by atoms with Gasteiger partial charge in [-0.3, -0.25) is 0 Å². The summed E-state index contributed by atoms with van der Waals surface area (Å²) >= 11 is 0. The fourth-order valence-corrected chi connectivity index (χ4v) is 13.4. The van der Waals surface area contributed by atoms with Gasteiger partial charge in [0.2, 0.25) is 0 Å². The molecule has 0 saturated carbocycles. The van der Waals surface area contributed by atoms with Gasteiger partial charge in [-0.1, -0.05) is 81.6 Å². The second-order valence-corrected chi connectivity index (χ2v) is 19.1. The number of hydrogen-bond acceptors (Lipinski definition) is 2. The van der Waals surface area contributed by atoms with E-state index in [1.54, 1.807) is 10.4 Å². The Morgan fingerprint density at radius 2 is 0.667 bits per heavy atom. The Morgan fingerprint density at radius 3 is 0.818 bits per heavy atom. The monoisotopic (exact) mass is 662 g/mol. The second kappa shape index (κ2) is 15.7. The molecular weight excluding hydrogens is 613 g/mol. The van der Waals surface area contributed by atoms with E-state index in [2.05, 4.69) is 139 Å². The first kappa shape index (κ1) is 37.3. The van der Waals surface area contributed by atoms with Crippen molar-refractivity contribution in [2.24, 2.45) is 0 Å². The first-order valence-electron chi connectivity index (χ1n) is 11.8. The average Bonchev–Trinajstić information content (AvgIpc) is 3.28. The third-order valence-corrected chi connectivity index (χ3v) is 14.4. The van der Waals surface area contributed by atoms with Crippen LogP contribution in [0, 0.1) is 0 Å². The molecule has 0 unspecified atom stereocenters. The summed E-state index contributed by atoms with van der Waals surface area (Å²) in [5, 5.41) is 3.09. The summed E-state index contributed by atoms with van der Waals surface area (Å²) in [6, 6.07) is 20.3. The van der Waals surface area contributed by atoms with Crippen LogP contribution in [0.15, 0.2) is 48.5 Å². The van der Waals surface area contributed by atoms with E-state index in [1.165, 1.54) is 0 Å². The van der Waals surface area contributed by atoms with Crippen molar-refractivity contribution in [2.45, 2.75) is 106 Å². The molecule has 7 heteroatoms. The molecule has 0 amide bonds. The van der Waals surface area contributed by atoms with Crippen LogP contribution in [-0.4, -0.2) is 49.8 Å². The molecule has 0 N–H and O–H groups in total. The van der Waals surface area contributed by atoms with Gasteiger partial charge in [0.05, 0.1) is 16.5 Å². The molecule has 0 atom stereocenters. The summed E-state index contributed by atoms with van der Waals surface area (Å²) < 4.78 is 5.39. The summed E-state index contributed by atoms with van der Waals surface area (Å²) in [7, 11) is -2.90. The zero-order chi connectivity index (χ0) is 23.3. The minimum atomic E-state index is -1.45. The minimum absolute atomic E-state index is 0. The van der Waals surface area contributed by atoms with Gasteiger partial charge in [-0.15, -0.1) is 10.4 Å². The Labute approximate surface area is 224 Å². The molecule has 33 heavy (non-hydrogen) atoms. The molecule has 0 aromatic heterocycles. The summed E-state index contributed by atoms with van der Waals surface area (Å²) in [6.45, 7) is 28.2. The normalized spacial score (nSPS) is 11.9. The van der Waals surface area contributed by atoms with E-state index in [4.69, 9.17) is 0 Å². The molecule has 2 rings (SSSR count). The summed E-state index contributed by atoms with van der Waals surface area (Å²) in [5.41, 5.74) is 0. The molecule has 2 nitrogen and oxygen atoms in total. The van der Waals surface area contributed by atoms with Crippen LogP contribution in [0.1, 0.15) is 55.4 Å². The number of halogens is 2. The predicted molar refractivity (Wildman–Crippen MR) is 143 cm³/mol. The molecule has 0 saturated heterocycles. The van der Waals surface area contributed by atoms with Crippen molar-refractivity contribution in [3.63, 3.8) is 0 Å². The fraction of sp³-hybridized carbons (Fsp3) is 0.615. The first-order valence-corrected chi connectivity index (χ1v) is 17.6. The summed E-state index contributed by atoms with van der Waals surface area (Å²) in [5.74, 6) is 0. The van der Waals surface area contributed by atoms with E-state index in [9.17, 15) is 0 Å². The van der Waals surface area contributed by atoms with Crippen molar-refractivity contribution in [2.75, 3.05) is 0 Å². The zero-order valence-electron chi connectivity index (χ0n) is 23.1. The zero-order valence-corrected chi connectivity index (χ0v) is 28.7. The van der Waals surface area contributed by atoms with E-state index in [-0.39, 0.29) is 35.3 Å². The molecule has 2 aromatic rings. The van der Waals surface area contributed by atoms with Crippen molar-refractivity contribution in [1.82, 2.24) is 9.13 Å². The molecule has 0 aliphatic carbocycles. The minimum Gasteiger partial charge on any atom is -1.00 e. The maximum atomic E-state index is 2.70.